The Morgan fingerprint density at radius 3 is 2.52 bits per heavy atom. The highest BCUT2D eigenvalue weighted by molar-refractivity contribution is 5.90. The van der Waals surface area contributed by atoms with E-state index < -0.39 is 10.9 Å². The first-order valence-electron chi connectivity index (χ1n) is 6.14. The molecule has 0 saturated heterocycles. The molecule has 0 atom stereocenters. The Kier molecular flexibility index (Phi) is 4.50. The number of carbonyl (C=O) groups excluding carboxylic acids is 1. The summed E-state index contributed by atoms with van der Waals surface area (Å²) in [5, 5.41) is 10.7. The van der Waals surface area contributed by atoms with E-state index in [1.165, 1.54) is 24.3 Å². The monoisotopic (exact) mass is 287 g/mol. The van der Waals surface area contributed by atoms with Crippen LogP contribution in [0.1, 0.15) is 15.9 Å². The zero-order valence-corrected chi connectivity index (χ0v) is 11.3. The summed E-state index contributed by atoms with van der Waals surface area (Å²) in [6.07, 6.45) is 0. The lowest BCUT2D eigenvalue weighted by atomic mass is 10.2. The highest BCUT2D eigenvalue weighted by atomic mass is 16.6. The molecule has 21 heavy (non-hydrogen) atoms. The maximum atomic E-state index is 11.8. The summed E-state index contributed by atoms with van der Waals surface area (Å²) in [5.41, 5.74) is 0.807. The zero-order chi connectivity index (χ0) is 15.2. The van der Waals surface area contributed by atoms with E-state index in [0.29, 0.717) is 5.75 Å². The van der Waals surface area contributed by atoms with Crippen LogP contribution in [0.5, 0.6) is 5.75 Å². The first-order chi connectivity index (χ1) is 10.1. The second-order valence-electron chi connectivity index (χ2n) is 4.23. The molecule has 6 nitrogen and oxygen atoms in total. The Morgan fingerprint density at radius 1 is 1.19 bits per heavy atom. The first kappa shape index (κ1) is 14.5. The molecule has 0 unspecified atom stereocenters. The molecule has 0 aromatic heterocycles. The van der Waals surface area contributed by atoms with Crippen molar-refractivity contribution in [2.24, 2.45) is 0 Å². The summed E-state index contributed by atoms with van der Waals surface area (Å²) in [7, 11) is 1.57. The van der Waals surface area contributed by atoms with Crippen molar-refractivity contribution in [1.29, 1.82) is 0 Å². The molecule has 0 N–H and O–H groups in total. The number of non-ortho nitro benzene ring substituents is 1. The molecule has 0 spiro atoms. The van der Waals surface area contributed by atoms with Gasteiger partial charge in [-0.2, -0.15) is 0 Å². The number of methoxy groups -OCH3 is 1. The summed E-state index contributed by atoms with van der Waals surface area (Å²) in [5.74, 6) is 0.110. The molecule has 0 bridgehead atoms. The predicted octanol–water partition coefficient (Wildman–Crippen LogP) is 2.96. The topological polar surface area (TPSA) is 78.7 Å². The molecule has 6 heteroatoms. The lowest BCUT2D eigenvalue weighted by Crippen LogP contribution is -2.05. The van der Waals surface area contributed by atoms with Gasteiger partial charge in [0.25, 0.3) is 5.69 Å². The number of nitrogens with zero attached hydrogens (tertiary/aromatic N) is 1. The van der Waals surface area contributed by atoms with Crippen molar-refractivity contribution in [2.45, 2.75) is 6.61 Å². The molecule has 2 aromatic carbocycles. The number of hydrogen-bond donors (Lipinski definition) is 0. The van der Waals surface area contributed by atoms with Gasteiger partial charge in [0, 0.05) is 12.1 Å². The number of nitro benzene ring substituents is 1. The predicted molar refractivity (Wildman–Crippen MR) is 75.2 cm³/mol. The Morgan fingerprint density at radius 2 is 1.90 bits per heavy atom. The van der Waals surface area contributed by atoms with Crippen LogP contribution in [0.15, 0.2) is 48.5 Å². The number of hydrogen-bond acceptors (Lipinski definition) is 5. The van der Waals surface area contributed by atoms with E-state index in [4.69, 9.17) is 9.47 Å². The van der Waals surface area contributed by atoms with Crippen molar-refractivity contribution >= 4 is 11.7 Å². The van der Waals surface area contributed by atoms with Crippen LogP contribution >= 0.6 is 0 Å². The smallest absolute Gasteiger partial charge is 0.338 e. The van der Waals surface area contributed by atoms with Crippen LogP contribution in [0.2, 0.25) is 0 Å². The van der Waals surface area contributed by atoms with Gasteiger partial charge in [-0.05, 0) is 23.8 Å². The van der Waals surface area contributed by atoms with Gasteiger partial charge in [0.2, 0.25) is 0 Å². The van der Waals surface area contributed by atoms with Crippen molar-refractivity contribution in [3.8, 4) is 5.75 Å². The number of benzene rings is 2. The summed E-state index contributed by atoms with van der Waals surface area (Å²) in [6, 6.07) is 12.5. The van der Waals surface area contributed by atoms with Crippen molar-refractivity contribution in [3.05, 3.63) is 69.8 Å². The molecule has 0 saturated carbocycles. The average Bonchev–Trinajstić information content (AvgIpc) is 2.53. The van der Waals surface area contributed by atoms with Crippen molar-refractivity contribution < 1.29 is 19.2 Å². The van der Waals surface area contributed by atoms with Gasteiger partial charge in [-0.25, -0.2) is 4.79 Å². The van der Waals surface area contributed by atoms with Gasteiger partial charge in [0.05, 0.1) is 17.6 Å². The quantitative estimate of drug-likeness (QED) is 0.480. The highest BCUT2D eigenvalue weighted by Gasteiger charge is 2.12. The van der Waals surface area contributed by atoms with E-state index in [1.807, 2.05) is 0 Å². The van der Waals surface area contributed by atoms with E-state index in [1.54, 1.807) is 31.4 Å². The maximum absolute atomic E-state index is 11.8. The van der Waals surface area contributed by atoms with Crippen molar-refractivity contribution in [3.63, 3.8) is 0 Å². The molecule has 2 rings (SSSR count). The lowest BCUT2D eigenvalue weighted by Gasteiger charge is -2.06. The van der Waals surface area contributed by atoms with Crippen LogP contribution < -0.4 is 4.74 Å². The van der Waals surface area contributed by atoms with E-state index in [9.17, 15) is 14.9 Å². The van der Waals surface area contributed by atoms with Crippen molar-refractivity contribution in [1.82, 2.24) is 0 Å². The summed E-state index contributed by atoms with van der Waals surface area (Å²) in [4.78, 5) is 21.9. The number of esters is 1. The average molecular weight is 287 g/mol. The second kappa shape index (κ2) is 6.51. The third kappa shape index (κ3) is 3.79. The highest BCUT2D eigenvalue weighted by Crippen LogP contribution is 2.16. The van der Waals surface area contributed by atoms with Crippen LogP contribution in [0.25, 0.3) is 0 Å². The minimum atomic E-state index is -0.602. The number of nitro groups is 1. The molecule has 0 heterocycles. The van der Waals surface area contributed by atoms with Gasteiger partial charge in [0.15, 0.2) is 0 Å². The molecule has 0 aliphatic rings. The molecule has 0 amide bonds. The minimum Gasteiger partial charge on any atom is -0.497 e. The van der Waals surface area contributed by atoms with Gasteiger partial charge in [-0.3, -0.25) is 10.1 Å². The maximum Gasteiger partial charge on any atom is 0.338 e. The number of carbonyl (C=O) groups is 1. The van der Waals surface area contributed by atoms with E-state index in [0.717, 1.165) is 5.56 Å². The molecule has 2 aromatic rings. The Bertz CT molecular complexity index is 651. The van der Waals surface area contributed by atoms with Crippen LogP contribution in [0.3, 0.4) is 0 Å². The van der Waals surface area contributed by atoms with Gasteiger partial charge in [-0.15, -0.1) is 0 Å². The molecular weight excluding hydrogens is 274 g/mol. The summed E-state index contributed by atoms with van der Waals surface area (Å²) >= 11 is 0. The molecule has 0 radical (unpaired) electrons. The van der Waals surface area contributed by atoms with Gasteiger partial charge >= 0.3 is 5.97 Å². The molecule has 108 valence electrons. The second-order valence-corrected chi connectivity index (χ2v) is 4.23. The third-order valence-electron chi connectivity index (χ3n) is 2.82. The Balaban J connectivity index is 2.00. The van der Waals surface area contributed by atoms with E-state index >= 15 is 0 Å². The summed E-state index contributed by atoms with van der Waals surface area (Å²) in [6.45, 7) is 0.0888. The van der Waals surface area contributed by atoms with Crippen molar-refractivity contribution in [2.75, 3.05) is 7.11 Å². The molecule has 0 aliphatic heterocycles. The Labute approximate surface area is 121 Å². The van der Waals surface area contributed by atoms with Crippen LogP contribution in [0.4, 0.5) is 5.69 Å². The molecule has 0 aliphatic carbocycles. The van der Waals surface area contributed by atoms with E-state index in [2.05, 4.69) is 0 Å². The number of ether oxygens (including phenoxy) is 2. The minimum absolute atomic E-state index is 0.0888. The standard InChI is InChI=1S/C15H13NO5/c1-20-14-7-5-11(6-8-14)10-21-15(17)12-3-2-4-13(9-12)16(18)19/h2-9H,10H2,1H3. The van der Waals surface area contributed by atoms with Crippen LogP contribution in [0, 0.1) is 10.1 Å². The normalized spacial score (nSPS) is 9.95. The van der Waals surface area contributed by atoms with E-state index in [-0.39, 0.29) is 17.9 Å². The summed E-state index contributed by atoms with van der Waals surface area (Å²) < 4.78 is 10.1. The number of rotatable bonds is 5. The molecular formula is C15H13NO5. The first-order valence-corrected chi connectivity index (χ1v) is 6.14. The SMILES string of the molecule is COc1ccc(COC(=O)c2cccc([N+](=O)[O-])c2)cc1. The fourth-order valence-electron chi connectivity index (χ4n) is 1.70. The molecule has 0 fully saturated rings. The van der Waals surface area contributed by atoms with Gasteiger partial charge in [0.1, 0.15) is 12.4 Å². The van der Waals surface area contributed by atoms with Crippen LogP contribution in [-0.2, 0) is 11.3 Å². The van der Waals surface area contributed by atoms with Gasteiger partial charge in [-0.1, -0.05) is 18.2 Å². The lowest BCUT2D eigenvalue weighted by molar-refractivity contribution is -0.384. The third-order valence-corrected chi connectivity index (χ3v) is 2.82. The van der Waals surface area contributed by atoms with Gasteiger partial charge < -0.3 is 9.47 Å². The fraction of sp³-hybridized carbons (Fsp3) is 0.133. The zero-order valence-electron chi connectivity index (χ0n) is 11.3. The Hall–Kier alpha value is -2.89. The van der Waals surface area contributed by atoms with Crippen LogP contribution in [-0.4, -0.2) is 18.0 Å². The largest absolute Gasteiger partial charge is 0.497 e. The fourth-order valence-corrected chi connectivity index (χ4v) is 1.70.